The number of aromatic nitrogens is 2. The highest BCUT2D eigenvalue weighted by Crippen LogP contribution is 2.26. The Labute approximate surface area is 105 Å². The van der Waals surface area contributed by atoms with Crippen LogP contribution in [0.1, 0.15) is 19.8 Å². The Morgan fingerprint density at radius 2 is 2.24 bits per heavy atom. The van der Waals surface area contributed by atoms with Gasteiger partial charge < -0.3 is 10.6 Å². The SMILES string of the molecule is CCCCN(CCN)c1ncnc2sccc12. The fraction of sp³-hybridized carbons (Fsp3) is 0.500. The zero-order valence-electron chi connectivity index (χ0n) is 10.1. The molecule has 2 N–H and O–H groups in total. The number of hydrogen-bond acceptors (Lipinski definition) is 5. The first-order valence-electron chi connectivity index (χ1n) is 6.00. The van der Waals surface area contributed by atoms with Gasteiger partial charge in [0.15, 0.2) is 0 Å². The molecule has 0 radical (unpaired) electrons. The van der Waals surface area contributed by atoms with Gasteiger partial charge in [0.05, 0.1) is 5.39 Å². The van der Waals surface area contributed by atoms with Gasteiger partial charge in [0.2, 0.25) is 0 Å². The lowest BCUT2D eigenvalue weighted by atomic mass is 10.3. The minimum absolute atomic E-state index is 0.652. The Hall–Kier alpha value is -1.20. The Morgan fingerprint density at radius 3 is 3.00 bits per heavy atom. The second-order valence-electron chi connectivity index (χ2n) is 3.97. The highest BCUT2D eigenvalue weighted by atomic mass is 32.1. The lowest BCUT2D eigenvalue weighted by molar-refractivity contribution is 0.709. The molecule has 0 aliphatic rings. The number of nitrogens with two attached hydrogens (primary N) is 1. The van der Waals surface area contributed by atoms with Crippen LogP contribution in [0.4, 0.5) is 5.82 Å². The van der Waals surface area contributed by atoms with Crippen LogP contribution in [0.2, 0.25) is 0 Å². The third kappa shape index (κ3) is 2.73. The van der Waals surface area contributed by atoms with Gasteiger partial charge in [-0.25, -0.2) is 9.97 Å². The van der Waals surface area contributed by atoms with Crippen molar-refractivity contribution >= 4 is 27.4 Å². The normalized spacial score (nSPS) is 10.9. The largest absolute Gasteiger partial charge is 0.355 e. The lowest BCUT2D eigenvalue weighted by Crippen LogP contribution is -2.31. The first-order chi connectivity index (χ1) is 8.36. The monoisotopic (exact) mass is 250 g/mol. The van der Waals surface area contributed by atoms with Crippen molar-refractivity contribution in [3.05, 3.63) is 17.8 Å². The van der Waals surface area contributed by atoms with E-state index in [1.807, 2.05) is 0 Å². The molecule has 0 amide bonds. The molecule has 0 spiro atoms. The van der Waals surface area contributed by atoms with Crippen molar-refractivity contribution in [2.45, 2.75) is 19.8 Å². The van der Waals surface area contributed by atoms with E-state index in [0.29, 0.717) is 6.54 Å². The van der Waals surface area contributed by atoms with E-state index in [9.17, 15) is 0 Å². The topological polar surface area (TPSA) is 55.0 Å². The molecule has 92 valence electrons. The van der Waals surface area contributed by atoms with Crippen LogP contribution in [-0.4, -0.2) is 29.6 Å². The van der Waals surface area contributed by atoms with E-state index in [1.165, 1.54) is 6.42 Å². The first-order valence-corrected chi connectivity index (χ1v) is 6.88. The van der Waals surface area contributed by atoms with Crippen LogP contribution in [0.15, 0.2) is 17.8 Å². The molecule has 2 aromatic rings. The third-order valence-corrected chi connectivity index (χ3v) is 3.54. The first kappa shape index (κ1) is 12.3. The van der Waals surface area contributed by atoms with Gasteiger partial charge in [-0.15, -0.1) is 11.3 Å². The molecule has 0 fully saturated rings. The molecule has 17 heavy (non-hydrogen) atoms. The minimum Gasteiger partial charge on any atom is -0.355 e. The second-order valence-corrected chi connectivity index (χ2v) is 4.86. The quantitative estimate of drug-likeness (QED) is 0.854. The maximum Gasteiger partial charge on any atom is 0.140 e. The van der Waals surface area contributed by atoms with Gasteiger partial charge in [0, 0.05) is 19.6 Å². The maximum absolute atomic E-state index is 5.68. The number of rotatable bonds is 6. The molecule has 2 aromatic heterocycles. The number of unbranched alkanes of at least 4 members (excludes halogenated alkanes) is 1. The Morgan fingerprint density at radius 1 is 1.35 bits per heavy atom. The molecule has 0 saturated heterocycles. The molecule has 0 atom stereocenters. The molecule has 0 aromatic carbocycles. The van der Waals surface area contributed by atoms with Gasteiger partial charge in [-0.05, 0) is 17.9 Å². The molecule has 2 rings (SSSR count). The van der Waals surface area contributed by atoms with Gasteiger partial charge in [-0.2, -0.15) is 0 Å². The van der Waals surface area contributed by atoms with Gasteiger partial charge in [-0.3, -0.25) is 0 Å². The van der Waals surface area contributed by atoms with Crippen LogP contribution in [0, 0.1) is 0 Å². The summed E-state index contributed by atoms with van der Waals surface area (Å²) in [6.07, 6.45) is 3.98. The predicted octanol–water partition coefficient (Wildman–Crippen LogP) is 2.26. The van der Waals surface area contributed by atoms with Crippen LogP contribution in [-0.2, 0) is 0 Å². The van der Waals surface area contributed by atoms with Crippen LogP contribution in [0.25, 0.3) is 10.2 Å². The van der Waals surface area contributed by atoms with Crippen LogP contribution in [0.5, 0.6) is 0 Å². The highest BCUT2D eigenvalue weighted by Gasteiger charge is 2.11. The molecular weight excluding hydrogens is 232 g/mol. The summed E-state index contributed by atoms with van der Waals surface area (Å²) in [4.78, 5) is 12.0. The number of thiophene rings is 1. The van der Waals surface area contributed by atoms with E-state index < -0.39 is 0 Å². The molecule has 0 aliphatic carbocycles. The van der Waals surface area contributed by atoms with E-state index in [1.54, 1.807) is 17.7 Å². The van der Waals surface area contributed by atoms with Crippen molar-refractivity contribution in [3.8, 4) is 0 Å². The van der Waals surface area contributed by atoms with Gasteiger partial charge in [-0.1, -0.05) is 13.3 Å². The summed E-state index contributed by atoms with van der Waals surface area (Å²) >= 11 is 1.65. The predicted molar refractivity (Wildman–Crippen MR) is 73.6 cm³/mol. The third-order valence-electron chi connectivity index (χ3n) is 2.72. The van der Waals surface area contributed by atoms with E-state index in [0.717, 1.165) is 35.5 Å². The number of nitrogens with zero attached hydrogens (tertiary/aromatic N) is 3. The van der Waals surface area contributed by atoms with Crippen LogP contribution in [0.3, 0.4) is 0 Å². The summed E-state index contributed by atoms with van der Waals surface area (Å²) in [5.41, 5.74) is 5.68. The maximum atomic E-state index is 5.68. The number of fused-ring (bicyclic) bond motifs is 1. The summed E-state index contributed by atoms with van der Waals surface area (Å²) in [7, 11) is 0. The minimum atomic E-state index is 0.652. The summed E-state index contributed by atoms with van der Waals surface area (Å²) in [6.45, 7) is 4.71. The van der Waals surface area contributed by atoms with Gasteiger partial charge >= 0.3 is 0 Å². The second kappa shape index (κ2) is 5.93. The molecule has 2 heterocycles. The Kier molecular flexibility index (Phi) is 4.28. The fourth-order valence-corrected chi connectivity index (χ4v) is 2.58. The molecule has 0 unspecified atom stereocenters. The molecule has 4 nitrogen and oxygen atoms in total. The van der Waals surface area contributed by atoms with Crippen molar-refractivity contribution < 1.29 is 0 Å². The fourth-order valence-electron chi connectivity index (χ4n) is 1.86. The average Bonchev–Trinajstić information content (AvgIpc) is 2.82. The van der Waals surface area contributed by atoms with E-state index in [2.05, 4.69) is 33.2 Å². The Balaban J connectivity index is 2.30. The molecule has 0 saturated carbocycles. The zero-order chi connectivity index (χ0) is 12.1. The van der Waals surface area contributed by atoms with Gasteiger partial charge in [0.25, 0.3) is 0 Å². The molecule has 0 bridgehead atoms. The molecule has 5 heteroatoms. The smallest absolute Gasteiger partial charge is 0.140 e. The molecular formula is C12H18N4S. The highest BCUT2D eigenvalue weighted by molar-refractivity contribution is 7.16. The lowest BCUT2D eigenvalue weighted by Gasteiger charge is -2.23. The van der Waals surface area contributed by atoms with E-state index in [-0.39, 0.29) is 0 Å². The van der Waals surface area contributed by atoms with Crippen molar-refractivity contribution in [3.63, 3.8) is 0 Å². The van der Waals surface area contributed by atoms with Crippen molar-refractivity contribution in [2.75, 3.05) is 24.5 Å². The average molecular weight is 250 g/mol. The van der Waals surface area contributed by atoms with Crippen molar-refractivity contribution in [1.29, 1.82) is 0 Å². The van der Waals surface area contributed by atoms with Crippen molar-refractivity contribution in [2.24, 2.45) is 5.73 Å². The van der Waals surface area contributed by atoms with Gasteiger partial charge in [0.1, 0.15) is 17.0 Å². The summed E-state index contributed by atoms with van der Waals surface area (Å²) in [6, 6.07) is 2.09. The summed E-state index contributed by atoms with van der Waals surface area (Å²) < 4.78 is 0. The summed E-state index contributed by atoms with van der Waals surface area (Å²) in [5, 5.41) is 3.20. The van der Waals surface area contributed by atoms with E-state index in [4.69, 9.17) is 5.73 Å². The number of hydrogen-bond donors (Lipinski definition) is 1. The number of anilines is 1. The standard InChI is InChI=1S/C12H18N4S/c1-2-3-6-16(7-5-13)11-10-4-8-17-12(10)15-9-14-11/h4,8-9H,2-3,5-7,13H2,1H3. The van der Waals surface area contributed by atoms with Crippen molar-refractivity contribution in [1.82, 2.24) is 9.97 Å². The summed E-state index contributed by atoms with van der Waals surface area (Å²) in [5.74, 6) is 1.02. The zero-order valence-corrected chi connectivity index (χ0v) is 10.9. The van der Waals surface area contributed by atoms with Crippen LogP contribution < -0.4 is 10.6 Å². The molecule has 0 aliphatic heterocycles. The Bertz CT molecular complexity index is 468. The van der Waals surface area contributed by atoms with E-state index >= 15 is 0 Å². The van der Waals surface area contributed by atoms with Crippen LogP contribution >= 0.6 is 11.3 Å².